The molecular weight excluding hydrogens is 312 g/mol. The molecule has 1 N–H and O–H groups in total. The number of amides is 2. The Kier molecular flexibility index (Phi) is 7.96. The normalized spacial score (nSPS) is 15.0. The summed E-state index contributed by atoms with van der Waals surface area (Å²) in [5.74, 6) is 0.697. The lowest BCUT2D eigenvalue weighted by molar-refractivity contribution is -0.135. The van der Waals surface area contributed by atoms with Gasteiger partial charge >= 0.3 is 0 Å². The summed E-state index contributed by atoms with van der Waals surface area (Å²) in [6.45, 7) is 4.80. The lowest BCUT2D eigenvalue weighted by Gasteiger charge is -2.25. The van der Waals surface area contributed by atoms with E-state index in [1.165, 1.54) is 32.1 Å². The molecule has 1 aliphatic carbocycles. The highest BCUT2D eigenvalue weighted by molar-refractivity contribution is 5.95. The first-order chi connectivity index (χ1) is 12.1. The number of para-hydroxylation sites is 1. The zero-order valence-corrected chi connectivity index (χ0v) is 15.7. The Morgan fingerprint density at radius 3 is 2.56 bits per heavy atom. The molecule has 25 heavy (non-hydrogen) atoms. The third-order valence-electron chi connectivity index (χ3n) is 5.09. The van der Waals surface area contributed by atoms with Gasteiger partial charge in [-0.2, -0.15) is 0 Å². The molecule has 0 aliphatic heterocycles. The van der Waals surface area contributed by atoms with Crippen molar-refractivity contribution in [3.63, 3.8) is 0 Å². The molecule has 0 atom stereocenters. The number of benzene rings is 1. The van der Waals surface area contributed by atoms with Gasteiger partial charge < -0.3 is 10.2 Å². The zero-order chi connectivity index (χ0) is 18.1. The number of carbonyl (C=O) groups excluding carboxylic acids is 2. The fourth-order valence-corrected chi connectivity index (χ4v) is 3.60. The van der Waals surface area contributed by atoms with Gasteiger partial charge in [0.15, 0.2) is 0 Å². The molecule has 0 radical (unpaired) electrons. The lowest BCUT2D eigenvalue weighted by atomic mass is 9.86. The fraction of sp³-hybridized carbons (Fsp3) is 0.619. The van der Waals surface area contributed by atoms with Crippen LogP contribution in [0.4, 0.5) is 5.69 Å². The predicted octanol–water partition coefficient (Wildman–Crippen LogP) is 4.53. The van der Waals surface area contributed by atoms with E-state index in [0.717, 1.165) is 24.1 Å². The number of carbonyl (C=O) groups is 2. The van der Waals surface area contributed by atoms with Crippen molar-refractivity contribution in [1.82, 2.24) is 4.90 Å². The molecule has 1 fully saturated rings. The first-order valence-electron chi connectivity index (χ1n) is 9.73. The Morgan fingerprint density at radius 2 is 1.88 bits per heavy atom. The van der Waals surface area contributed by atoms with Crippen LogP contribution < -0.4 is 5.32 Å². The van der Waals surface area contributed by atoms with Gasteiger partial charge in [0, 0.05) is 18.7 Å². The van der Waals surface area contributed by atoms with Gasteiger partial charge in [-0.1, -0.05) is 57.2 Å². The van der Waals surface area contributed by atoms with E-state index >= 15 is 0 Å². The van der Waals surface area contributed by atoms with Crippen molar-refractivity contribution in [2.45, 2.75) is 65.2 Å². The quantitative estimate of drug-likeness (QED) is 0.753. The second-order valence-corrected chi connectivity index (χ2v) is 7.22. The summed E-state index contributed by atoms with van der Waals surface area (Å²) >= 11 is 0. The summed E-state index contributed by atoms with van der Waals surface area (Å²) < 4.78 is 0. The molecule has 0 unspecified atom stereocenters. The highest BCUT2D eigenvalue weighted by Gasteiger charge is 2.20. The topological polar surface area (TPSA) is 49.4 Å². The number of aryl methyl sites for hydroxylation is 1. The van der Waals surface area contributed by atoms with E-state index in [1.807, 2.05) is 38.1 Å². The molecule has 1 aliphatic rings. The summed E-state index contributed by atoms with van der Waals surface area (Å²) in [7, 11) is 0. The molecule has 1 aromatic carbocycles. The molecule has 2 amide bonds. The molecule has 1 saturated carbocycles. The van der Waals surface area contributed by atoms with Gasteiger partial charge in [-0.3, -0.25) is 9.59 Å². The SMILES string of the molecule is CCCN(CC(=O)Nc1ccccc1C)C(=O)CCC1CCCCC1. The number of nitrogens with zero attached hydrogens (tertiary/aromatic N) is 1. The van der Waals surface area contributed by atoms with Crippen molar-refractivity contribution in [3.05, 3.63) is 29.8 Å². The van der Waals surface area contributed by atoms with Gasteiger partial charge in [-0.05, 0) is 37.3 Å². The Bertz CT molecular complexity index is 565. The Hall–Kier alpha value is -1.84. The van der Waals surface area contributed by atoms with Crippen molar-refractivity contribution in [1.29, 1.82) is 0 Å². The van der Waals surface area contributed by atoms with Crippen LogP contribution in [0, 0.1) is 12.8 Å². The van der Waals surface area contributed by atoms with Gasteiger partial charge in [-0.15, -0.1) is 0 Å². The van der Waals surface area contributed by atoms with Crippen LogP contribution in [0.1, 0.15) is 63.9 Å². The maximum atomic E-state index is 12.6. The summed E-state index contributed by atoms with van der Waals surface area (Å²) in [4.78, 5) is 26.7. The second-order valence-electron chi connectivity index (χ2n) is 7.22. The number of hydrogen-bond acceptors (Lipinski definition) is 2. The minimum Gasteiger partial charge on any atom is -0.333 e. The molecule has 4 nitrogen and oxygen atoms in total. The molecule has 0 aromatic heterocycles. The van der Waals surface area contributed by atoms with E-state index in [4.69, 9.17) is 0 Å². The van der Waals surface area contributed by atoms with Crippen molar-refractivity contribution in [2.75, 3.05) is 18.4 Å². The molecule has 4 heteroatoms. The molecular formula is C21H32N2O2. The molecule has 0 heterocycles. The average molecular weight is 344 g/mol. The predicted molar refractivity (Wildman–Crippen MR) is 102 cm³/mol. The number of anilines is 1. The third kappa shape index (κ3) is 6.52. The minimum absolute atomic E-state index is 0.117. The molecule has 0 saturated heterocycles. The lowest BCUT2D eigenvalue weighted by Crippen LogP contribution is -2.38. The van der Waals surface area contributed by atoms with Crippen molar-refractivity contribution < 1.29 is 9.59 Å². The monoisotopic (exact) mass is 344 g/mol. The van der Waals surface area contributed by atoms with Crippen LogP contribution in [0.5, 0.6) is 0 Å². The van der Waals surface area contributed by atoms with E-state index in [0.29, 0.717) is 18.9 Å². The van der Waals surface area contributed by atoms with Gasteiger partial charge in [0.2, 0.25) is 11.8 Å². The number of rotatable bonds is 8. The van der Waals surface area contributed by atoms with Crippen LogP contribution in [-0.2, 0) is 9.59 Å². The van der Waals surface area contributed by atoms with E-state index in [9.17, 15) is 9.59 Å². The Labute approximate surface area is 152 Å². The third-order valence-corrected chi connectivity index (χ3v) is 5.09. The van der Waals surface area contributed by atoms with Crippen LogP contribution in [0.25, 0.3) is 0 Å². The number of nitrogens with one attached hydrogen (secondary N) is 1. The second kappa shape index (κ2) is 10.2. The van der Waals surface area contributed by atoms with Gasteiger partial charge in [0.25, 0.3) is 0 Å². The smallest absolute Gasteiger partial charge is 0.244 e. The van der Waals surface area contributed by atoms with Gasteiger partial charge in [0.1, 0.15) is 0 Å². The first kappa shape index (κ1) is 19.5. The van der Waals surface area contributed by atoms with E-state index < -0.39 is 0 Å². The minimum atomic E-state index is -0.117. The Morgan fingerprint density at radius 1 is 1.16 bits per heavy atom. The molecule has 138 valence electrons. The molecule has 0 bridgehead atoms. The zero-order valence-electron chi connectivity index (χ0n) is 15.7. The summed E-state index contributed by atoms with van der Waals surface area (Å²) in [5, 5.41) is 2.93. The Balaban J connectivity index is 1.84. The van der Waals surface area contributed by atoms with Gasteiger partial charge in [0.05, 0.1) is 6.54 Å². The van der Waals surface area contributed by atoms with Crippen molar-refractivity contribution in [2.24, 2.45) is 5.92 Å². The standard InChI is InChI=1S/C21H32N2O2/c1-3-15-23(21(25)14-13-18-10-5-4-6-11-18)16-20(24)22-19-12-8-7-9-17(19)2/h7-9,12,18H,3-6,10-11,13-16H2,1-2H3,(H,22,24). The summed E-state index contributed by atoms with van der Waals surface area (Å²) in [6.07, 6.45) is 8.87. The number of hydrogen-bond donors (Lipinski definition) is 1. The van der Waals surface area contributed by atoms with Crippen LogP contribution >= 0.6 is 0 Å². The van der Waals surface area contributed by atoms with Crippen molar-refractivity contribution >= 4 is 17.5 Å². The summed E-state index contributed by atoms with van der Waals surface area (Å²) in [5.41, 5.74) is 1.85. The molecule has 1 aromatic rings. The first-order valence-corrected chi connectivity index (χ1v) is 9.73. The molecule has 0 spiro atoms. The van der Waals surface area contributed by atoms with E-state index in [-0.39, 0.29) is 18.4 Å². The van der Waals surface area contributed by atoms with Crippen LogP contribution in [0.2, 0.25) is 0 Å². The molecule has 2 rings (SSSR count). The van der Waals surface area contributed by atoms with Crippen LogP contribution in [0.15, 0.2) is 24.3 Å². The van der Waals surface area contributed by atoms with Crippen molar-refractivity contribution in [3.8, 4) is 0 Å². The van der Waals surface area contributed by atoms with Gasteiger partial charge in [-0.25, -0.2) is 0 Å². The highest BCUT2D eigenvalue weighted by Crippen LogP contribution is 2.27. The van der Waals surface area contributed by atoms with E-state index in [1.54, 1.807) is 4.90 Å². The van der Waals surface area contributed by atoms with Crippen LogP contribution in [-0.4, -0.2) is 29.8 Å². The maximum absolute atomic E-state index is 12.6. The summed E-state index contributed by atoms with van der Waals surface area (Å²) in [6, 6.07) is 7.71. The van der Waals surface area contributed by atoms with Crippen LogP contribution in [0.3, 0.4) is 0 Å². The highest BCUT2D eigenvalue weighted by atomic mass is 16.2. The van der Waals surface area contributed by atoms with E-state index in [2.05, 4.69) is 5.32 Å². The maximum Gasteiger partial charge on any atom is 0.244 e. The largest absolute Gasteiger partial charge is 0.333 e. The fourth-order valence-electron chi connectivity index (χ4n) is 3.60. The average Bonchev–Trinajstić information content (AvgIpc) is 2.62.